The number of rotatable bonds is 6. The first-order valence-electron chi connectivity index (χ1n) is 9.75. The molecule has 30 heavy (non-hydrogen) atoms. The number of aliphatic hydroxyl groups is 2. The number of hydrogen-bond donors (Lipinski definition) is 4. The summed E-state index contributed by atoms with van der Waals surface area (Å²) in [5, 5.41) is 32.4. The highest BCUT2D eigenvalue weighted by molar-refractivity contribution is 6.19. The number of nitrogens with zero attached hydrogens (tertiary/aromatic N) is 2. The molecule has 0 saturated heterocycles. The van der Waals surface area contributed by atoms with Crippen LogP contribution in [0.25, 0.3) is 0 Å². The van der Waals surface area contributed by atoms with E-state index >= 15 is 0 Å². The van der Waals surface area contributed by atoms with E-state index in [9.17, 15) is 29.0 Å². The van der Waals surface area contributed by atoms with Crippen LogP contribution in [0.15, 0.2) is 35.7 Å². The van der Waals surface area contributed by atoms with E-state index in [1.165, 1.54) is 18.2 Å². The number of benzene rings is 1. The van der Waals surface area contributed by atoms with Crippen LogP contribution < -0.4 is 5.32 Å². The molecule has 0 bridgehead atoms. The minimum atomic E-state index is -1.60. The number of nitrogens with one attached hydrogen (secondary N) is 1. The second kappa shape index (κ2) is 9.12. The third-order valence-electron chi connectivity index (χ3n) is 5.37. The van der Waals surface area contributed by atoms with Crippen LogP contribution >= 0.6 is 0 Å². The van der Waals surface area contributed by atoms with E-state index in [0.717, 1.165) is 29.1 Å². The van der Waals surface area contributed by atoms with Gasteiger partial charge in [-0.05, 0) is 18.9 Å². The largest absolute Gasteiger partial charge is 0.494 e. The van der Waals surface area contributed by atoms with Gasteiger partial charge in [0.05, 0.1) is 6.54 Å². The van der Waals surface area contributed by atoms with Crippen molar-refractivity contribution in [1.82, 2.24) is 15.1 Å². The zero-order chi connectivity index (χ0) is 21.8. The van der Waals surface area contributed by atoms with Crippen LogP contribution in [-0.2, 0) is 20.9 Å². The van der Waals surface area contributed by atoms with Gasteiger partial charge in [0, 0.05) is 11.6 Å². The molecule has 1 aliphatic carbocycles. The molecule has 162 valence electrons. The maximum Gasteiger partial charge on any atom is 0.322 e. The second-order valence-corrected chi connectivity index (χ2v) is 7.35. The van der Waals surface area contributed by atoms with Gasteiger partial charge < -0.3 is 20.6 Å². The summed E-state index contributed by atoms with van der Waals surface area (Å²) >= 11 is 0. The molecule has 0 radical (unpaired) electrons. The molecule has 9 nitrogen and oxygen atoms in total. The van der Waals surface area contributed by atoms with E-state index in [1.807, 2.05) is 0 Å². The van der Waals surface area contributed by atoms with Crippen LogP contribution in [0.1, 0.15) is 37.7 Å². The van der Waals surface area contributed by atoms with Crippen LogP contribution in [0.2, 0.25) is 0 Å². The summed E-state index contributed by atoms with van der Waals surface area (Å²) in [6.07, 6.45) is 2.29. The van der Waals surface area contributed by atoms with Crippen LogP contribution in [0.5, 0.6) is 0 Å². The monoisotopic (exact) mass is 421 g/mol. The fraction of sp³-hybridized carbons (Fsp3) is 0.450. The molecule has 1 fully saturated rings. The third-order valence-corrected chi connectivity index (χ3v) is 5.37. The Morgan fingerprint density at radius 2 is 1.83 bits per heavy atom. The molecule has 1 aliphatic heterocycles. The first kappa shape index (κ1) is 21.6. The Morgan fingerprint density at radius 1 is 1.17 bits per heavy atom. The Kier molecular flexibility index (Phi) is 6.56. The Balaban J connectivity index is 1.99. The van der Waals surface area contributed by atoms with E-state index < -0.39 is 48.0 Å². The lowest BCUT2D eigenvalue weighted by Crippen LogP contribution is -2.60. The highest BCUT2D eigenvalue weighted by atomic mass is 19.1. The molecule has 10 heteroatoms. The number of carboxylic acids is 1. The molecule has 1 heterocycles. The quantitative estimate of drug-likeness (QED) is 0.505. The average Bonchev–Trinajstić information content (AvgIpc) is 2.71. The fourth-order valence-electron chi connectivity index (χ4n) is 3.86. The van der Waals surface area contributed by atoms with Gasteiger partial charge >= 0.3 is 5.97 Å². The van der Waals surface area contributed by atoms with E-state index in [-0.39, 0.29) is 18.2 Å². The minimum Gasteiger partial charge on any atom is -0.494 e. The molecule has 3 rings (SSSR count). The maximum absolute atomic E-state index is 14.2. The van der Waals surface area contributed by atoms with Gasteiger partial charge in [-0.1, -0.05) is 37.5 Å². The second-order valence-electron chi connectivity index (χ2n) is 7.35. The molecule has 2 amide bonds. The number of carbonyl (C=O) groups is 3. The van der Waals surface area contributed by atoms with Crippen LogP contribution in [0.4, 0.5) is 4.39 Å². The number of carbonyl (C=O) groups excluding carboxylic acids is 2. The maximum atomic E-state index is 14.2. The van der Waals surface area contributed by atoms with Gasteiger partial charge in [0.15, 0.2) is 5.57 Å². The first-order chi connectivity index (χ1) is 14.3. The highest BCUT2D eigenvalue weighted by Crippen LogP contribution is 2.32. The molecule has 1 atom stereocenters. The van der Waals surface area contributed by atoms with Gasteiger partial charge in [-0.15, -0.1) is 0 Å². The highest BCUT2D eigenvalue weighted by Gasteiger charge is 2.45. The number of hydrogen-bond acceptors (Lipinski definition) is 6. The molecular weight excluding hydrogens is 397 g/mol. The van der Waals surface area contributed by atoms with Gasteiger partial charge in [-0.25, -0.2) is 4.39 Å². The summed E-state index contributed by atoms with van der Waals surface area (Å²) in [5.74, 6) is -4.69. The molecule has 1 unspecified atom stereocenters. The van der Waals surface area contributed by atoms with Crippen LogP contribution in [0, 0.1) is 5.82 Å². The average molecular weight is 421 g/mol. The zero-order valence-corrected chi connectivity index (χ0v) is 16.3. The number of aliphatic carboxylic acids is 1. The smallest absolute Gasteiger partial charge is 0.322 e. The van der Waals surface area contributed by atoms with Crippen molar-refractivity contribution < 1.29 is 34.1 Å². The summed E-state index contributed by atoms with van der Waals surface area (Å²) in [7, 11) is 0. The summed E-state index contributed by atoms with van der Waals surface area (Å²) in [5.41, 5.74) is -0.533. The first-order valence-corrected chi connectivity index (χ1v) is 9.75. The van der Waals surface area contributed by atoms with Gasteiger partial charge in [-0.3, -0.25) is 24.2 Å². The molecule has 4 N–H and O–H groups in total. The normalized spacial score (nSPS) is 20.5. The number of aliphatic hydroxyl groups excluding tert-OH is 2. The van der Waals surface area contributed by atoms with E-state index in [1.54, 1.807) is 6.07 Å². The van der Waals surface area contributed by atoms with Crippen molar-refractivity contribution in [1.29, 1.82) is 0 Å². The standard InChI is InChI=1S/C20H24FN3O6/c21-14-9-5-4-6-12(14)11-23-18(28)16(17(27)22-10-15(25)26)19(29)24(20(23)30)13-7-2-1-3-8-13/h4-6,9,13,20,28,30H,1-3,7-8,10-11H2,(H,22,27)(H,25,26). The molecule has 1 aromatic rings. The van der Waals surface area contributed by atoms with E-state index in [4.69, 9.17) is 5.11 Å². The van der Waals surface area contributed by atoms with Crippen molar-refractivity contribution in [2.24, 2.45) is 0 Å². The molecule has 0 spiro atoms. The van der Waals surface area contributed by atoms with Crippen molar-refractivity contribution in [2.45, 2.75) is 51.0 Å². The van der Waals surface area contributed by atoms with E-state index in [0.29, 0.717) is 12.8 Å². The van der Waals surface area contributed by atoms with Crippen molar-refractivity contribution in [2.75, 3.05) is 6.54 Å². The number of amides is 2. The van der Waals surface area contributed by atoms with Crippen LogP contribution in [0.3, 0.4) is 0 Å². The van der Waals surface area contributed by atoms with Crippen LogP contribution in [-0.4, -0.2) is 61.8 Å². The lowest BCUT2D eigenvalue weighted by molar-refractivity contribution is -0.174. The van der Waals surface area contributed by atoms with Gasteiger partial charge in [0.25, 0.3) is 11.8 Å². The Morgan fingerprint density at radius 3 is 2.47 bits per heavy atom. The molecule has 2 aliphatic rings. The van der Waals surface area contributed by atoms with Gasteiger partial charge in [-0.2, -0.15) is 0 Å². The fourth-order valence-corrected chi connectivity index (χ4v) is 3.86. The Hall–Kier alpha value is -3.14. The lowest BCUT2D eigenvalue weighted by atomic mass is 9.93. The summed E-state index contributed by atoms with van der Waals surface area (Å²) in [4.78, 5) is 38.4. The summed E-state index contributed by atoms with van der Waals surface area (Å²) in [6.45, 7) is -1.05. The number of halogens is 1. The van der Waals surface area contributed by atoms with Crippen molar-refractivity contribution in [3.05, 3.63) is 47.1 Å². The Labute approximate surface area is 172 Å². The lowest BCUT2D eigenvalue weighted by Gasteiger charge is -2.45. The zero-order valence-electron chi connectivity index (χ0n) is 16.3. The molecule has 0 aromatic heterocycles. The SMILES string of the molecule is O=C(O)CNC(=O)C1=C(O)N(Cc2ccccc2F)C(O)N(C2CCCCC2)C1=O. The van der Waals surface area contributed by atoms with Crippen molar-refractivity contribution in [3.8, 4) is 0 Å². The molecular formula is C20H24FN3O6. The topological polar surface area (TPSA) is 130 Å². The molecule has 1 saturated carbocycles. The van der Waals surface area contributed by atoms with Gasteiger partial charge in [0.2, 0.25) is 12.2 Å². The van der Waals surface area contributed by atoms with Crippen molar-refractivity contribution >= 4 is 17.8 Å². The minimum absolute atomic E-state index is 0.145. The predicted molar refractivity (Wildman–Crippen MR) is 102 cm³/mol. The molecule has 1 aromatic carbocycles. The number of carboxylic acid groups (broad SMARTS) is 1. The van der Waals surface area contributed by atoms with E-state index in [2.05, 4.69) is 5.32 Å². The Bertz CT molecular complexity index is 868. The third kappa shape index (κ3) is 4.38. The van der Waals surface area contributed by atoms with Gasteiger partial charge in [0.1, 0.15) is 12.4 Å². The predicted octanol–water partition coefficient (Wildman–Crippen LogP) is 1.05. The van der Waals surface area contributed by atoms with Crippen molar-refractivity contribution in [3.63, 3.8) is 0 Å². The summed E-state index contributed by atoms with van der Waals surface area (Å²) < 4.78 is 14.2. The summed E-state index contributed by atoms with van der Waals surface area (Å²) in [6, 6.07) is 5.39.